The number of likely N-dealkylation sites (tertiary alicyclic amines) is 1. The van der Waals surface area contributed by atoms with Gasteiger partial charge in [-0.15, -0.1) is 0 Å². The molecule has 2 unspecified atom stereocenters. The number of hydrogen-bond donors (Lipinski definition) is 1. The number of nitrogens with zero attached hydrogens (tertiary/aromatic N) is 1. The Morgan fingerprint density at radius 3 is 2.68 bits per heavy atom. The van der Waals surface area contributed by atoms with Crippen molar-refractivity contribution in [3.63, 3.8) is 0 Å². The lowest BCUT2D eigenvalue weighted by Crippen LogP contribution is -2.53. The average molecular weight is 400 g/mol. The Labute approximate surface area is 168 Å². The molecule has 2 heterocycles. The van der Waals surface area contributed by atoms with Crippen LogP contribution in [-0.4, -0.2) is 39.9 Å². The van der Waals surface area contributed by atoms with E-state index in [1.807, 2.05) is 0 Å². The van der Waals surface area contributed by atoms with Gasteiger partial charge in [-0.1, -0.05) is 23.7 Å². The molecule has 1 saturated heterocycles. The fourth-order valence-electron chi connectivity index (χ4n) is 4.01. The molecular formula is C22H22ClNO4. The predicted molar refractivity (Wildman–Crippen MR) is 106 cm³/mol. The predicted octanol–water partition coefficient (Wildman–Crippen LogP) is 3.77. The number of benzene rings is 2. The van der Waals surface area contributed by atoms with Crippen molar-refractivity contribution in [2.24, 2.45) is 0 Å². The monoisotopic (exact) mass is 399 g/mol. The molecule has 2 atom stereocenters. The van der Waals surface area contributed by atoms with Gasteiger partial charge in [0.15, 0.2) is 5.78 Å². The molecule has 2 aliphatic heterocycles. The Morgan fingerprint density at radius 2 is 2.00 bits per heavy atom. The number of carbonyl (C=O) groups excluding carboxylic acids is 2. The number of ketones is 1. The van der Waals surface area contributed by atoms with Gasteiger partial charge in [0.2, 0.25) is 5.91 Å². The van der Waals surface area contributed by atoms with Crippen molar-refractivity contribution < 1.29 is 19.4 Å². The lowest BCUT2D eigenvalue weighted by molar-refractivity contribution is -0.139. The first kappa shape index (κ1) is 19.0. The molecule has 1 fully saturated rings. The lowest BCUT2D eigenvalue weighted by Gasteiger charge is -2.45. The highest BCUT2D eigenvalue weighted by atomic mass is 35.5. The van der Waals surface area contributed by atoms with Crippen molar-refractivity contribution in [1.82, 2.24) is 4.90 Å². The minimum absolute atomic E-state index is 0.00975. The van der Waals surface area contributed by atoms with Crippen LogP contribution in [0.5, 0.6) is 5.75 Å². The van der Waals surface area contributed by atoms with Gasteiger partial charge < -0.3 is 14.7 Å². The summed E-state index contributed by atoms with van der Waals surface area (Å²) in [5.74, 6) is 0.380. The van der Waals surface area contributed by atoms with Gasteiger partial charge in [-0.25, -0.2) is 0 Å². The summed E-state index contributed by atoms with van der Waals surface area (Å²) in [7, 11) is 0. The first-order valence-corrected chi connectivity index (χ1v) is 9.77. The van der Waals surface area contributed by atoms with E-state index in [1.54, 1.807) is 61.2 Å². The first-order chi connectivity index (χ1) is 13.3. The molecule has 2 aromatic carbocycles. The van der Waals surface area contributed by atoms with E-state index in [0.29, 0.717) is 40.4 Å². The minimum atomic E-state index is -0.910. The summed E-state index contributed by atoms with van der Waals surface area (Å²) >= 11 is 6.19. The van der Waals surface area contributed by atoms with E-state index in [0.717, 1.165) is 6.42 Å². The maximum atomic E-state index is 13.0. The van der Waals surface area contributed by atoms with Crippen molar-refractivity contribution in [2.45, 2.75) is 44.4 Å². The van der Waals surface area contributed by atoms with E-state index in [9.17, 15) is 14.7 Å². The van der Waals surface area contributed by atoms with E-state index < -0.39 is 17.7 Å². The molecule has 6 heteroatoms. The van der Waals surface area contributed by atoms with Gasteiger partial charge in [0.25, 0.3) is 0 Å². The molecule has 1 amide bonds. The van der Waals surface area contributed by atoms with Gasteiger partial charge in [0.05, 0.1) is 11.1 Å². The molecule has 0 aromatic heterocycles. The van der Waals surface area contributed by atoms with Crippen molar-refractivity contribution in [2.75, 3.05) is 6.54 Å². The molecule has 0 spiro atoms. The summed E-state index contributed by atoms with van der Waals surface area (Å²) in [6.45, 7) is 4.19. The molecule has 1 N–H and O–H groups in total. The zero-order valence-electron chi connectivity index (χ0n) is 15.8. The first-order valence-electron chi connectivity index (χ1n) is 9.39. The van der Waals surface area contributed by atoms with Gasteiger partial charge in [-0.05, 0) is 50.6 Å². The van der Waals surface area contributed by atoms with Gasteiger partial charge in [0.1, 0.15) is 17.5 Å². The van der Waals surface area contributed by atoms with Gasteiger partial charge >= 0.3 is 0 Å². The summed E-state index contributed by atoms with van der Waals surface area (Å²) in [5, 5.41) is 11.4. The highest BCUT2D eigenvalue weighted by Gasteiger charge is 2.47. The van der Waals surface area contributed by atoms with Crippen molar-refractivity contribution in [3.8, 4) is 5.75 Å². The highest BCUT2D eigenvalue weighted by Crippen LogP contribution is 2.44. The van der Waals surface area contributed by atoms with E-state index in [2.05, 4.69) is 0 Å². The Balaban J connectivity index is 1.80. The second kappa shape index (κ2) is 6.90. The number of carbonyl (C=O) groups is 2. The third-order valence-corrected chi connectivity index (χ3v) is 5.87. The summed E-state index contributed by atoms with van der Waals surface area (Å²) in [6.07, 6.45) is 0.322. The summed E-state index contributed by atoms with van der Waals surface area (Å²) in [6, 6.07) is 11.5. The molecule has 2 aromatic rings. The maximum Gasteiger partial charge on any atom is 0.223 e. The van der Waals surface area contributed by atoms with Crippen LogP contribution in [0.4, 0.5) is 0 Å². The quantitative estimate of drug-likeness (QED) is 0.798. The number of aliphatic hydroxyl groups excluding tert-OH is 1. The smallest absolute Gasteiger partial charge is 0.223 e. The number of hydrogen-bond acceptors (Lipinski definition) is 4. The normalized spacial score (nSPS) is 23.3. The standard InChI is InChI=1S/C22H22ClNO4/c1-22(2)21(27)19(24-11-5-8-18(24)25)15-12-13(9-10-17(15)28-22)20(26)14-6-3-4-7-16(14)23/h3-4,6-7,9-10,12,19,21,27H,5,8,11H2,1-2H3. The fraction of sp³-hybridized carbons (Fsp3) is 0.364. The molecule has 4 rings (SSSR count). The molecule has 5 nitrogen and oxygen atoms in total. The Morgan fingerprint density at radius 1 is 1.25 bits per heavy atom. The van der Waals surface area contributed by atoms with Gasteiger partial charge in [-0.3, -0.25) is 9.59 Å². The van der Waals surface area contributed by atoms with E-state index in [1.165, 1.54) is 0 Å². The topological polar surface area (TPSA) is 66.8 Å². The summed E-state index contributed by atoms with van der Waals surface area (Å²) in [5.41, 5.74) is 0.656. The van der Waals surface area contributed by atoms with Crippen molar-refractivity contribution in [3.05, 3.63) is 64.2 Å². The van der Waals surface area contributed by atoms with Crippen LogP contribution in [0.1, 0.15) is 54.2 Å². The molecule has 0 saturated carbocycles. The number of ether oxygens (including phenoxy) is 1. The second-order valence-electron chi connectivity index (χ2n) is 7.85. The number of rotatable bonds is 3. The van der Waals surface area contributed by atoms with Gasteiger partial charge in [-0.2, -0.15) is 0 Å². The summed E-state index contributed by atoms with van der Waals surface area (Å²) < 4.78 is 6.00. The average Bonchev–Trinajstić information content (AvgIpc) is 3.08. The largest absolute Gasteiger partial charge is 0.485 e. The number of aliphatic hydroxyl groups is 1. The van der Waals surface area contributed by atoms with Crippen LogP contribution in [0.3, 0.4) is 0 Å². The molecule has 0 radical (unpaired) electrons. The van der Waals surface area contributed by atoms with E-state index in [-0.39, 0.29) is 11.7 Å². The van der Waals surface area contributed by atoms with Crippen LogP contribution in [-0.2, 0) is 4.79 Å². The van der Waals surface area contributed by atoms with Crippen molar-refractivity contribution >= 4 is 23.3 Å². The summed E-state index contributed by atoms with van der Waals surface area (Å²) in [4.78, 5) is 27.1. The Bertz CT molecular complexity index is 955. The van der Waals surface area contributed by atoms with E-state index >= 15 is 0 Å². The Hall–Kier alpha value is -2.37. The Kier molecular flexibility index (Phi) is 4.68. The van der Waals surface area contributed by atoms with Crippen molar-refractivity contribution in [1.29, 1.82) is 0 Å². The molecule has 0 aliphatic carbocycles. The zero-order chi connectivity index (χ0) is 20.1. The highest BCUT2D eigenvalue weighted by molar-refractivity contribution is 6.35. The second-order valence-corrected chi connectivity index (χ2v) is 8.25. The number of halogens is 1. The molecule has 146 valence electrons. The SMILES string of the molecule is CC1(C)Oc2ccc(C(=O)c3ccccc3Cl)cc2C(N2CCCC2=O)C1O. The fourth-order valence-corrected chi connectivity index (χ4v) is 4.23. The van der Waals surface area contributed by atoms with Crippen LogP contribution in [0.25, 0.3) is 0 Å². The minimum Gasteiger partial charge on any atom is -0.485 e. The number of fused-ring (bicyclic) bond motifs is 1. The van der Waals surface area contributed by atoms with Crippen LogP contribution in [0.2, 0.25) is 5.02 Å². The molecular weight excluding hydrogens is 378 g/mol. The maximum absolute atomic E-state index is 13.0. The van der Waals surface area contributed by atoms with Crippen LogP contribution in [0.15, 0.2) is 42.5 Å². The van der Waals surface area contributed by atoms with Crippen LogP contribution < -0.4 is 4.74 Å². The molecule has 0 bridgehead atoms. The zero-order valence-corrected chi connectivity index (χ0v) is 16.6. The number of amides is 1. The van der Waals surface area contributed by atoms with E-state index in [4.69, 9.17) is 16.3 Å². The lowest BCUT2D eigenvalue weighted by atomic mass is 9.84. The molecule has 28 heavy (non-hydrogen) atoms. The third kappa shape index (κ3) is 3.09. The molecule has 2 aliphatic rings. The van der Waals surface area contributed by atoms with Gasteiger partial charge in [0, 0.05) is 29.7 Å². The van der Waals surface area contributed by atoms with Crippen LogP contribution >= 0.6 is 11.6 Å². The third-order valence-electron chi connectivity index (χ3n) is 5.54. The van der Waals surface area contributed by atoms with Crippen LogP contribution in [0, 0.1) is 0 Å².